The number of ether oxygens (including phenoxy) is 1. The number of hydrogen-bond donors (Lipinski definition) is 0. The Bertz CT molecular complexity index is 626. The monoisotopic (exact) mass is 299 g/mol. The lowest BCUT2D eigenvalue weighted by atomic mass is 10.1. The molecule has 0 spiro atoms. The van der Waals surface area contributed by atoms with Crippen LogP contribution in [0, 0.1) is 5.92 Å². The smallest absolute Gasteiger partial charge is 0.339 e. The summed E-state index contributed by atoms with van der Waals surface area (Å²) in [4.78, 5) is 12.2. The molecule has 1 heterocycles. The Morgan fingerprint density at radius 3 is 2.45 bits per heavy atom. The molecule has 1 aromatic heterocycles. The van der Waals surface area contributed by atoms with Gasteiger partial charge in [-0.25, -0.2) is 4.79 Å². The molecule has 0 aliphatic heterocycles. The number of methoxy groups -OCH3 is 1. The van der Waals surface area contributed by atoms with Crippen molar-refractivity contribution in [2.75, 3.05) is 7.11 Å². The normalized spacial score (nSPS) is 11.0. The van der Waals surface area contributed by atoms with E-state index in [0.717, 1.165) is 25.1 Å². The van der Waals surface area contributed by atoms with Gasteiger partial charge in [0.15, 0.2) is 0 Å². The van der Waals surface area contributed by atoms with E-state index in [9.17, 15) is 4.79 Å². The van der Waals surface area contributed by atoms with Gasteiger partial charge in [0.25, 0.3) is 0 Å². The lowest BCUT2D eigenvalue weighted by Gasteiger charge is -2.16. The fourth-order valence-electron chi connectivity index (χ4n) is 2.80. The third-order valence-corrected chi connectivity index (χ3v) is 3.82. The van der Waals surface area contributed by atoms with Gasteiger partial charge >= 0.3 is 5.97 Å². The highest BCUT2D eigenvalue weighted by Gasteiger charge is 2.20. The average molecular weight is 299 g/mol. The van der Waals surface area contributed by atoms with Crippen molar-refractivity contribution in [3.63, 3.8) is 0 Å². The molecular formula is C19H25NO2. The van der Waals surface area contributed by atoms with Crippen LogP contribution < -0.4 is 0 Å². The first-order valence-electron chi connectivity index (χ1n) is 7.90. The Morgan fingerprint density at radius 1 is 1.23 bits per heavy atom. The molecule has 0 saturated carbocycles. The third-order valence-electron chi connectivity index (χ3n) is 3.82. The molecule has 0 amide bonds. The Hall–Kier alpha value is -2.03. The van der Waals surface area contributed by atoms with E-state index in [1.807, 2.05) is 24.3 Å². The topological polar surface area (TPSA) is 31.2 Å². The summed E-state index contributed by atoms with van der Waals surface area (Å²) in [5.74, 6) is 0.279. The summed E-state index contributed by atoms with van der Waals surface area (Å²) in [6, 6.07) is 12.3. The molecule has 2 rings (SSSR count). The van der Waals surface area contributed by atoms with E-state index in [4.69, 9.17) is 4.74 Å². The molecular weight excluding hydrogens is 274 g/mol. The van der Waals surface area contributed by atoms with Gasteiger partial charge in [0.1, 0.15) is 0 Å². The second-order valence-electron chi connectivity index (χ2n) is 6.01. The standard InChI is InChI=1S/C19H25NO2/c1-5-16-12-17(19(21)22-4)18(20(16)13-14(2)3)11-15-9-7-6-8-10-15/h6-10,12,14H,5,11,13H2,1-4H3. The highest BCUT2D eigenvalue weighted by atomic mass is 16.5. The van der Waals surface area contributed by atoms with E-state index >= 15 is 0 Å². The summed E-state index contributed by atoms with van der Waals surface area (Å²) in [5.41, 5.74) is 4.16. The van der Waals surface area contributed by atoms with Crippen LogP contribution in [0.15, 0.2) is 36.4 Å². The predicted octanol–water partition coefficient (Wildman–Crippen LogP) is 4.08. The number of carbonyl (C=O) groups is 1. The van der Waals surface area contributed by atoms with Crippen LogP contribution in [0.2, 0.25) is 0 Å². The fourth-order valence-corrected chi connectivity index (χ4v) is 2.80. The third kappa shape index (κ3) is 3.59. The van der Waals surface area contributed by atoms with Gasteiger partial charge in [-0.05, 0) is 24.0 Å². The number of hydrogen-bond acceptors (Lipinski definition) is 2. The number of carbonyl (C=O) groups excluding carboxylic acids is 1. The highest BCUT2D eigenvalue weighted by molar-refractivity contribution is 5.91. The number of aromatic nitrogens is 1. The summed E-state index contributed by atoms with van der Waals surface area (Å²) in [7, 11) is 1.44. The molecule has 0 atom stereocenters. The largest absolute Gasteiger partial charge is 0.465 e. The van der Waals surface area contributed by atoms with Crippen LogP contribution in [0.4, 0.5) is 0 Å². The average Bonchev–Trinajstić information content (AvgIpc) is 2.85. The maximum Gasteiger partial charge on any atom is 0.339 e. The van der Waals surface area contributed by atoms with Crippen LogP contribution in [0.25, 0.3) is 0 Å². The number of aryl methyl sites for hydroxylation is 1. The predicted molar refractivity (Wildman–Crippen MR) is 89.2 cm³/mol. The van der Waals surface area contributed by atoms with Crippen molar-refractivity contribution in [3.8, 4) is 0 Å². The molecule has 118 valence electrons. The quantitative estimate of drug-likeness (QED) is 0.752. The number of nitrogens with zero attached hydrogens (tertiary/aromatic N) is 1. The number of rotatable bonds is 6. The van der Waals surface area contributed by atoms with Crippen molar-refractivity contribution in [2.24, 2.45) is 5.92 Å². The highest BCUT2D eigenvalue weighted by Crippen LogP contribution is 2.23. The van der Waals surface area contributed by atoms with E-state index < -0.39 is 0 Å². The first-order chi connectivity index (χ1) is 10.6. The summed E-state index contributed by atoms with van der Waals surface area (Å²) < 4.78 is 7.28. The minimum Gasteiger partial charge on any atom is -0.465 e. The molecule has 1 aromatic carbocycles. The Labute approximate surface area is 132 Å². The van der Waals surface area contributed by atoms with E-state index in [-0.39, 0.29) is 5.97 Å². The van der Waals surface area contributed by atoms with Gasteiger partial charge in [-0.1, -0.05) is 51.1 Å². The van der Waals surface area contributed by atoms with Gasteiger partial charge in [0, 0.05) is 24.4 Å². The lowest BCUT2D eigenvalue weighted by Crippen LogP contribution is -2.13. The van der Waals surface area contributed by atoms with Crippen LogP contribution >= 0.6 is 0 Å². The van der Waals surface area contributed by atoms with Crippen LogP contribution in [0.3, 0.4) is 0 Å². The Morgan fingerprint density at radius 2 is 1.91 bits per heavy atom. The van der Waals surface area contributed by atoms with Crippen molar-refractivity contribution in [1.82, 2.24) is 4.57 Å². The summed E-state index contributed by atoms with van der Waals surface area (Å²) in [5, 5.41) is 0. The maximum atomic E-state index is 12.2. The molecule has 0 aliphatic rings. The molecule has 2 aromatic rings. The maximum absolute atomic E-state index is 12.2. The second kappa shape index (κ2) is 7.30. The molecule has 0 aliphatic carbocycles. The van der Waals surface area contributed by atoms with Crippen LogP contribution in [-0.4, -0.2) is 17.6 Å². The number of benzene rings is 1. The minimum atomic E-state index is -0.247. The van der Waals surface area contributed by atoms with Crippen molar-refractivity contribution >= 4 is 5.97 Å². The van der Waals surface area contributed by atoms with Gasteiger partial charge in [-0.2, -0.15) is 0 Å². The molecule has 0 unspecified atom stereocenters. The molecule has 3 heteroatoms. The molecule has 22 heavy (non-hydrogen) atoms. The fraction of sp³-hybridized carbons (Fsp3) is 0.421. The minimum absolute atomic E-state index is 0.247. The van der Waals surface area contributed by atoms with E-state index in [1.165, 1.54) is 18.4 Å². The molecule has 3 nitrogen and oxygen atoms in total. The van der Waals surface area contributed by atoms with Gasteiger partial charge < -0.3 is 9.30 Å². The molecule has 0 radical (unpaired) electrons. The van der Waals surface area contributed by atoms with Crippen LogP contribution in [0.5, 0.6) is 0 Å². The van der Waals surface area contributed by atoms with Crippen LogP contribution in [0.1, 0.15) is 48.1 Å². The molecule has 0 fully saturated rings. The Kier molecular flexibility index (Phi) is 5.42. The molecule has 0 N–H and O–H groups in total. The lowest BCUT2D eigenvalue weighted by molar-refractivity contribution is 0.0599. The molecule has 0 saturated heterocycles. The van der Waals surface area contributed by atoms with Gasteiger partial charge in [0.05, 0.1) is 12.7 Å². The van der Waals surface area contributed by atoms with Gasteiger partial charge in [0.2, 0.25) is 0 Å². The zero-order valence-corrected chi connectivity index (χ0v) is 13.9. The van der Waals surface area contributed by atoms with E-state index in [2.05, 4.69) is 37.5 Å². The van der Waals surface area contributed by atoms with Gasteiger partial charge in [-0.15, -0.1) is 0 Å². The van der Waals surface area contributed by atoms with Crippen molar-refractivity contribution < 1.29 is 9.53 Å². The summed E-state index contributed by atoms with van der Waals surface area (Å²) >= 11 is 0. The van der Waals surface area contributed by atoms with Crippen molar-refractivity contribution in [1.29, 1.82) is 0 Å². The zero-order chi connectivity index (χ0) is 16.1. The van der Waals surface area contributed by atoms with Crippen molar-refractivity contribution in [2.45, 2.75) is 40.2 Å². The Balaban J connectivity index is 2.50. The zero-order valence-electron chi connectivity index (χ0n) is 13.9. The first kappa shape index (κ1) is 16.3. The number of esters is 1. The van der Waals surface area contributed by atoms with E-state index in [1.54, 1.807) is 0 Å². The SMILES string of the molecule is CCc1cc(C(=O)OC)c(Cc2ccccc2)n1CC(C)C. The van der Waals surface area contributed by atoms with Crippen LogP contribution in [-0.2, 0) is 24.1 Å². The van der Waals surface area contributed by atoms with E-state index in [0.29, 0.717) is 11.5 Å². The molecule has 0 bridgehead atoms. The second-order valence-corrected chi connectivity index (χ2v) is 6.01. The first-order valence-corrected chi connectivity index (χ1v) is 7.90. The summed E-state index contributed by atoms with van der Waals surface area (Å²) in [6.07, 6.45) is 1.66. The van der Waals surface area contributed by atoms with Crippen molar-refractivity contribution in [3.05, 3.63) is 58.9 Å². The van der Waals surface area contributed by atoms with Gasteiger partial charge in [-0.3, -0.25) is 0 Å². The summed E-state index contributed by atoms with van der Waals surface area (Å²) in [6.45, 7) is 7.44.